The molecule has 48 heavy (non-hydrogen) atoms. The summed E-state index contributed by atoms with van der Waals surface area (Å²) in [6, 6.07) is 36.2. The summed E-state index contributed by atoms with van der Waals surface area (Å²) in [5.41, 5.74) is 12.6. The minimum absolute atomic E-state index is 0. The SMILES string of the molecule is CC(C)N1[CH-]N(c2cc(C3CCCCC3)ccn2)c2ccccc21.[Pt+2].[c-]1ccccc1-c1nccc2c1CC1(Cc3ccccc3C1)C2. The fourth-order valence-corrected chi connectivity index (χ4v) is 8.52. The molecule has 1 saturated carbocycles. The minimum Gasteiger partial charge on any atom is -0.499 e. The van der Waals surface area contributed by atoms with Gasteiger partial charge in [0, 0.05) is 23.8 Å². The number of nitrogens with zero attached hydrogens (tertiary/aromatic N) is 4. The van der Waals surface area contributed by atoms with Crippen molar-refractivity contribution in [3.8, 4) is 11.3 Å². The number of hydrogen-bond donors (Lipinski definition) is 0. The molecule has 0 unspecified atom stereocenters. The number of anilines is 3. The largest absolute Gasteiger partial charge is 2.00 e. The zero-order chi connectivity index (χ0) is 31.8. The summed E-state index contributed by atoms with van der Waals surface area (Å²) < 4.78 is 0. The molecule has 3 aromatic carbocycles. The molecule has 3 heterocycles. The molecule has 0 radical (unpaired) electrons. The van der Waals surface area contributed by atoms with Crippen LogP contribution >= 0.6 is 0 Å². The Kier molecular flexibility index (Phi) is 9.56. The number of rotatable bonds is 4. The topological polar surface area (TPSA) is 32.3 Å². The van der Waals surface area contributed by atoms with Gasteiger partial charge in [0.05, 0.1) is 0 Å². The van der Waals surface area contributed by atoms with Gasteiger partial charge in [0.2, 0.25) is 0 Å². The molecular formula is C43H44N4Pt. The van der Waals surface area contributed by atoms with Gasteiger partial charge >= 0.3 is 21.1 Å². The van der Waals surface area contributed by atoms with Crippen molar-refractivity contribution in [2.24, 2.45) is 5.41 Å². The van der Waals surface area contributed by atoms with E-state index in [2.05, 4.69) is 120 Å². The first kappa shape index (κ1) is 32.8. The molecule has 9 rings (SSSR count). The fraction of sp³-hybridized carbons (Fsp3) is 0.326. The van der Waals surface area contributed by atoms with Gasteiger partial charge in [0.1, 0.15) is 5.82 Å². The molecule has 5 heteroatoms. The molecule has 1 fully saturated rings. The van der Waals surface area contributed by atoms with Crippen LogP contribution in [-0.2, 0) is 46.7 Å². The fourth-order valence-electron chi connectivity index (χ4n) is 8.52. The second-order valence-corrected chi connectivity index (χ2v) is 14.3. The molecule has 0 amide bonds. The first-order valence-corrected chi connectivity index (χ1v) is 17.6. The van der Waals surface area contributed by atoms with Crippen molar-refractivity contribution in [3.05, 3.63) is 144 Å². The third kappa shape index (κ3) is 6.37. The molecule has 0 saturated heterocycles. The zero-order valence-electron chi connectivity index (χ0n) is 28.0. The number of pyridine rings is 2. The molecule has 1 spiro atoms. The van der Waals surface area contributed by atoms with Crippen molar-refractivity contribution >= 4 is 17.2 Å². The van der Waals surface area contributed by atoms with E-state index in [4.69, 9.17) is 4.98 Å². The van der Waals surface area contributed by atoms with E-state index in [0.717, 1.165) is 23.5 Å². The van der Waals surface area contributed by atoms with Crippen molar-refractivity contribution < 1.29 is 21.1 Å². The van der Waals surface area contributed by atoms with E-state index in [0.29, 0.717) is 17.4 Å². The average Bonchev–Trinajstić information content (AvgIpc) is 3.81. The van der Waals surface area contributed by atoms with Gasteiger partial charge in [0.25, 0.3) is 0 Å². The van der Waals surface area contributed by atoms with Crippen LogP contribution in [0, 0.1) is 18.2 Å². The molecular weight excluding hydrogens is 768 g/mol. The van der Waals surface area contributed by atoms with E-state index >= 15 is 0 Å². The predicted octanol–water partition coefficient (Wildman–Crippen LogP) is 10.0. The molecule has 0 N–H and O–H groups in total. The second-order valence-electron chi connectivity index (χ2n) is 14.3. The van der Waals surface area contributed by atoms with Crippen LogP contribution in [0.3, 0.4) is 0 Å². The minimum atomic E-state index is 0. The van der Waals surface area contributed by atoms with E-state index in [1.165, 1.54) is 79.4 Å². The normalized spacial score (nSPS) is 17.4. The summed E-state index contributed by atoms with van der Waals surface area (Å²) in [6.07, 6.45) is 15.4. The van der Waals surface area contributed by atoms with E-state index in [9.17, 15) is 0 Å². The number of fused-ring (bicyclic) bond motifs is 3. The van der Waals surface area contributed by atoms with Gasteiger partial charge in [0.15, 0.2) is 0 Å². The first-order chi connectivity index (χ1) is 23.1. The van der Waals surface area contributed by atoms with Gasteiger partial charge in [-0.15, -0.1) is 42.6 Å². The van der Waals surface area contributed by atoms with Crippen LogP contribution < -0.4 is 9.80 Å². The number of para-hydroxylation sites is 2. The Balaban J connectivity index is 0.000000149. The molecule has 5 aromatic rings. The molecule has 2 aromatic heterocycles. The Labute approximate surface area is 300 Å². The van der Waals surface area contributed by atoms with Crippen LogP contribution in [0.1, 0.15) is 79.7 Å². The average molecular weight is 812 g/mol. The Bertz CT molecular complexity index is 1840. The van der Waals surface area contributed by atoms with Crippen molar-refractivity contribution in [2.45, 2.75) is 83.6 Å². The van der Waals surface area contributed by atoms with Gasteiger partial charge in [-0.3, -0.25) is 0 Å². The van der Waals surface area contributed by atoms with E-state index < -0.39 is 0 Å². The zero-order valence-corrected chi connectivity index (χ0v) is 30.3. The van der Waals surface area contributed by atoms with Gasteiger partial charge in [-0.2, -0.15) is 0 Å². The van der Waals surface area contributed by atoms with Crippen LogP contribution in [0.5, 0.6) is 0 Å². The molecule has 4 aliphatic rings. The standard InChI is InChI=1S/C22H18N.C21H26N3.Pt/c1-2-6-16(7-3-1)21-20-15-22(14-19(20)10-11-23-21)12-17-8-4-5-9-18(17)13-22;1-16(2)23-15-24(20-11-7-6-10-19(20)23)21-14-18(12-13-22-21)17-8-4-3-5-9-17;/h1-6,8-11H,12-15H2;6-7,10-17H,3-5,8-9H2,1-2H3;/q2*-1;+2. The third-order valence-corrected chi connectivity index (χ3v) is 10.8. The van der Waals surface area contributed by atoms with Crippen LogP contribution in [0.2, 0.25) is 0 Å². The van der Waals surface area contributed by atoms with Gasteiger partial charge in [-0.05, 0) is 128 Å². The number of hydrogen-bond acceptors (Lipinski definition) is 4. The molecule has 246 valence electrons. The maximum Gasteiger partial charge on any atom is 2.00 e. The summed E-state index contributed by atoms with van der Waals surface area (Å²) in [5.74, 6) is 1.74. The van der Waals surface area contributed by atoms with E-state index in [-0.39, 0.29) is 21.1 Å². The third-order valence-electron chi connectivity index (χ3n) is 10.8. The smallest absolute Gasteiger partial charge is 0.499 e. The maximum absolute atomic E-state index is 4.69. The molecule has 0 bridgehead atoms. The summed E-state index contributed by atoms with van der Waals surface area (Å²) in [5, 5.41) is 0. The van der Waals surface area contributed by atoms with Crippen LogP contribution in [-0.4, -0.2) is 16.0 Å². The Hall–Kier alpha value is -3.75. The van der Waals surface area contributed by atoms with Crippen molar-refractivity contribution in [2.75, 3.05) is 9.80 Å². The maximum atomic E-state index is 4.69. The Morgan fingerprint density at radius 2 is 1.44 bits per heavy atom. The van der Waals surface area contributed by atoms with Crippen molar-refractivity contribution in [1.82, 2.24) is 9.97 Å². The molecule has 3 aliphatic carbocycles. The number of benzene rings is 3. The second kappa shape index (κ2) is 14.0. The first-order valence-electron chi connectivity index (χ1n) is 17.6. The van der Waals surface area contributed by atoms with Crippen molar-refractivity contribution in [3.63, 3.8) is 0 Å². The summed E-state index contributed by atoms with van der Waals surface area (Å²) in [6.45, 7) is 6.65. The van der Waals surface area contributed by atoms with Crippen molar-refractivity contribution in [1.29, 1.82) is 0 Å². The van der Waals surface area contributed by atoms with Gasteiger partial charge < -0.3 is 14.8 Å². The van der Waals surface area contributed by atoms with E-state index in [1.807, 2.05) is 24.5 Å². The molecule has 0 atom stereocenters. The quantitative estimate of drug-likeness (QED) is 0.169. The summed E-state index contributed by atoms with van der Waals surface area (Å²) >= 11 is 0. The van der Waals surface area contributed by atoms with E-state index in [1.54, 1.807) is 11.1 Å². The monoisotopic (exact) mass is 811 g/mol. The molecule has 4 nitrogen and oxygen atoms in total. The van der Waals surface area contributed by atoms with Crippen LogP contribution in [0.15, 0.2) is 103 Å². The Morgan fingerprint density at radius 1 is 0.750 bits per heavy atom. The van der Waals surface area contributed by atoms with Crippen LogP contribution in [0.4, 0.5) is 17.2 Å². The van der Waals surface area contributed by atoms with Gasteiger partial charge in [-0.1, -0.05) is 61.2 Å². The van der Waals surface area contributed by atoms with Crippen LogP contribution in [0.25, 0.3) is 11.3 Å². The molecule has 1 aliphatic heterocycles. The Morgan fingerprint density at radius 3 is 2.17 bits per heavy atom. The predicted molar refractivity (Wildman–Crippen MR) is 193 cm³/mol. The number of aromatic nitrogens is 2. The van der Waals surface area contributed by atoms with Gasteiger partial charge in [-0.25, -0.2) is 4.98 Å². The summed E-state index contributed by atoms with van der Waals surface area (Å²) in [7, 11) is 0. The summed E-state index contributed by atoms with van der Waals surface area (Å²) in [4.78, 5) is 13.9.